The van der Waals surface area contributed by atoms with Crippen LogP contribution in [0, 0.1) is 0 Å². The highest BCUT2D eigenvalue weighted by Crippen LogP contribution is 2.46. The summed E-state index contributed by atoms with van der Waals surface area (Å²) in [6.45, 7) is 2.27. The summed E-state index contributed by atoms with van der Waals surface area (Å²) in [4.78, 5) is 31.1. The number of rotatable bonds is 2. The maximum Gasteiger partial charge on any atom is 0.255 e. The first kappa shape index (κ1) is 19.5. The van der Waals surface area contributed by atoms with Crippen LogP contribution in [0.4, 0.5) is 0 Å². The molecule has 2 aromatic carbocycles. The number of benzene rings is 2. The Hall–Kier alpha value is -3.97. The van der Waals surface area contributed by atoms with Gasteiger partial charge in [-0.1, -0.05) is 37.3 Å². The molecule has 4 heterocycles. The minimum atomic E-state index is -1.63. The first-order valence-electron chi connectivity index (χ1n) is 11.3. The number of nitrogens with zero attached hydrogens (tertiary/aromatic N) is 2. The topological polar surface area (TPSA) is 90.7 Å². The molecule has 4 aromatic rings. The second-order valence-corrected chi connectivity index (χ2v) is 9.03. The molecule has 0 spiro atoms. The van der Waals surface area contributed by atoms with E-state index in [1.807, 2.05) is 42.5 Å². The molecule has 0 saturated heterocycles. The Morgan fingerprint density at radius 2 is 1.82 bits per heavy atom. The quantitative estimate of drug-likeness (QED) is 0.441. The number of hydrogen-bond donors (Lipinski definition) is 1. The molecule has 7 rings (SSSR count). The van der Waals surface area contributed by atoms with Gasteiger partial charge in [-0.2, -0.15) is 0 Å². The molecule has 0 fully saturated rings. The first-order chi connectivity index (χ1) is 16.5. The minimum absolute atomic E-state index is 0.0442. The van der Waals surface area contributed by atoms with Crippen molar-refractivity contribution < 1.29 is 19.4 Å². The molecular formula is C27H20N2O5. The Kier molecular flexibility index (Phi) is 3.75. The second-order valence-electron chi connectivity index (χ2n) is 9.03. The highest BCUT2D eigenvalue weighted by atomic mass is 16.7. The van der Waals surface area contributed by atoms with Crippen molar-refractivity contribution >= 4 is 16.7 Å². The molecule has 1 unspecified atom stereocenters. The van der Waals surface area contributed by atoms with Crippen molar-refractivity contribution in [2.45, 2.75) is 31.9 Å². The Morgan fingerprint density at radius 1 is 1.06 bits per heavy atom. The fraction of sp³-hybridized carbons (Fsp3) is 0.222. The third-order valence-corrected chi connectivity index (χ3v) is 7.36. The summed E-state index contributed by atoms with van der Waals surface area (Å²) in [5.41, 5.74) is 3.91. The molecule has 1 N–H and O–H groups in total. The van der Waals surface area contributed by atoms with Crippen LogP contribution in [0.2, 0.25) is 0 Å². The fourth-order valence-corrected chi connectivity index (χ4v) is 5.58. The lowest BCUT2D eigenvalue weighted by Crippen LogP contribution is -2.31. The molecule has 1 aliphatic carbocycles. The molecule has 0 amide bonds. The Morgan fingerprint density at radius 3 is 2.59 bits per heavy atom. The molecule has 3 aliphatic rings. The van der Waals surface area contributed by atoms with E-state index in [4.69, 9.17) is 14.5 Å². The smallest absolute Gasteiger partial charge is 0.255 e. The van der Waals surface area contributed by atoms with Crippen LogP contribution >= 0.6 is 0 Å². The fourth-order valence-electron chi connectivity index (χ4n) is 5.58. The van der Waals surface area contributed by atoms with Gasteiger partial charge >= 0.3 is 0 Å². The SMILES string of the molecule is CCC1(O)C(=O)Cc2c1cc1n(c2=O)Cc2c-1nc1cc3c(cc1c2-c1ccccc1)OCO3. The number of ether oxygens (including phenoxy) is 2. The standard InChI is InChI=1S/C27H20N2O5/c1-2-27(32)18-10-20-25-17(12-29(20)26(31)15(18)9-23(27)30)24(14-6-4-3-5-7-14)16-8-21-22(34-13-33-21)11-19(16)28-25/h3-8,10-11,32H,2,9,12-13H2,1H3. The number of fused-ring (bicyclic) bond motifs is 6. The van der Waals surface area contributed by atoms with Crippen LogP contribution in [0.3, 0.4) is 0 Å². The van der Waals surface area contributed by atoms with Gasteiger partial charge in [-0.15, -0.1) is 0 Å². The summed E-state index contributed by atoms with van der Waals surface area (Å²) >= 11 is 0. The summed E-state index contributed by atoms with van der Waals surface area (Å²) in [6.07, 6.45) is 0.177. The van der Waals surface area contributed by atoms with Gasteiger partial charge in [-0.3, -0.25) is 9.59 Å². The number of carbonyl (C=O) groups is 1. The summed E-state index contributed by atoms with van der Waals surface area (Å²) in [5.74, 6) is 0.981. The van der Waals surface area contributed by atoms with Gasteiger partial charge in [0.05, 0.1) is 23.4 Å². The van der Waals surface area contributed by atoms with E-state index in [1.54, 1.807) is 17.6 Å². The van der Waals surface area contributed by atoms with E-state index >= 15 is 0 Å². The predicted octanol–water partition coefficient (Wildman–Crippen LogP) is 3.54. The van der Waals surface area contributed by atoms with Gasteiger partial charge in [-0.05, 0) is 29.7 Å². The van der Waals surface area contributed by atoms with Crippen molar-refractivity contribution in [2.75, 3.05) is 6.79 Å². The molecule has 1 atom stereocenters. The molecule has 34 heavy (non-hydrogen) atoms. The van der Waals surface area contributed by atoms with Crippen LogP contribution < -0.4 is 15.0 Å². The van der Waals surface area contributed by atoms with E-state index in [-0.39, 0.29) is 31.0 Å². The molecule has 0 saturated carbocycles. The van der Waals surface area contributed by atoms with Crippen molar-refractivity contribution in [1.29, 1.82) is 0 Å². The average Bonchev–Trinajstić information content (AvgIpc) is 3.53. The molecule has 0 radical (unpaired) electrons. The number of Topliss-reactive ketones (excluding diaryl/α,β-unsaturated/α-hetero) is 1. The highest BCUT2D eigenvalue weighted by molar-refractivity contribution is 6.01. The van der Waals surface area contributed by atoms with Crippen LogP contribution in [0.5, 0.6) is 11.5 Å². The zero-order chi connectivity index (χ0) is 23.2. The normalized spacial score (nSPS) is 19.4. The molecule has 2 aromatic heterocycles. The maximum absolute atomic E-state index is 13.5. The van der Waals surface area contributed by atoms with E-state index in [2.05, 4.69) is 0 Å². The van der Waals surface area contributed by atoms with Gasteiger partial charge in [0.1, 0.15) is 5.60 Å². The number of ketones is 1. The number of pyridine rings is 2. The van der Waals surface area contributed by atoms with E-state index in [9.17, 15) is 14.7 Å². The monoisotopic (exact) mass is 452 g/mol. The molecular weight excluding hydrogens is 432 g/mol. The zero-order valence-corrected chi connectivity index (χ0v) is 18.4. The minimum Gasteiger partial charge on any atom is -0.454 e. The van der Waals surface area contributed by atoms with Gasteiger partial charge < -0.3 is 19.1 Å². The van der Waals surface area contributed by atoms with Crippen LogP contribution in [-0.4, -0.2) is 27.2 Å². The van der Waals surface area contributed by atoms with Crippen LogP contribution in [-0.2, 0) is 23.4 Å². The van der Waals surface area contributed by atoms with Gasteiger partial charge in [-0.25, -0.2) is 4.98 Å². The van der Waals surface area contributed by atoms with Crippen LogP contribution in [0.15, 0.2) is 53.3 Å². The number of hydrogen-bond acceptors (Lipinski definition) is 6. The van der Waals surface area contributed by atoms with Gasteiger partial charge in [0.15, 0.2) is 17.3 Å². The van der Waals surface area contributed by atoms with Crippen molar-refractivity contribution in [3.8, 4) is 34.0 Å². The molecule has 2 aliphatic heterocycles. The van der Waals surface area contributed by atoms with E-state index in [0.717, 1.165) is 27.6 Å². The molecule has 7 heteroatoms. The molecule has 0 bridgehead atoms. The summed E-state index contributed by atoms with van der Waals surface area (Å²) in [7, 11) is 0. The summed E-state index contributed by atoms with van der Waals surface area (Å²) in [5, 5.41) is 12.0. The van der Waals surface area contributed by atoms with E-state index in [1.165, 1.54) is 0 Å². The van der Waals surface area contributed by atoms with Crippen molar-refractivity contribution in [3.05, 3.63) is 75.6 Å². The van der Waals surface area contributed by atoms with E-state index in [0.29, 0.717) is 40.6 Å². The largest absolute Gasteiger partial charge is 0.454 e. The van der Waals surface area contributed by atoms with Crippen LogP contribution in [0.25, 0.3) is 33.4 Å². The third-order valence-electron chi connectivity index (χ3n) is 7.36. The second kappa shape index (κ2) is 6.55. The first-order valence-corrected chi connectivity index (χ1v) is 11.3. The summed E-state index contributed by atoms with van der Waals surface area (Å²) < 4.78 is 12.9. The lowest BCUT2D eigenvalue weighted by atomic mass is 9.91. The van der Waals surface area contributed by atoms with Gasteiger partial charge in [0.2, 0.25) is 6.79 Å². The summed E-state index contributed by atoms with van der Waals surface area (Å²) in [6, 6.07) is 15.6. The molecule has 168 valence electrons. The average molecular weight is 452 g/mol. The Balaban J connectivity index is 1.56. The van der Waals surface area contributed by atoms with Gasteiger partial charge in [0, 0.05) is 34.6 Å². The predicted molar refractivity (Wildman–Crippen MR) is 125 cm³/mol. The van der Waals surface area contributed by atoms with Crippen LogP contribution in [0.1, 0.15) is 30.0 Å². The van der Waals surface area contributed by atoms with Crippen molar-refractivity contribution in [1.82, 2.24) is 9.55 Å². The van der Waals surface area contributed by atoms with Crippen molar-refractivity contribution in [2.24, 2.45) is 0 Å². The Labute approximate surface area is 194 Å². The number of aromatic nitrogens is 2. The Bertz CT molecular complexity index is 1620. The van der Waals surface area contributed by atoms with E-state index < -0.39 is 5.60 Å². The number of aliphatic hydroxyl groups is 1. The molecule has 7 nitrogen and oxygen atoms in total. The lowest BCUT2D eigenvalue weighted by molar-refractivity contribution is -0.136. The zero-order valence-electron chi connectivity index (χ0n) is 18.4. The highest BCUT2D eigenvalue weighted by Gasteiger charge is 2.46. The maximum atomic E-state index is 13.5. The van der Waals surface area contributed by atoms with Gasteiger partial charge in [0.25, 0.3) is 5.56 Å². The number of carbonyl (C=O) groups excluding carboxylic acids is 1. The third kappa shape index (κ3) is 2.37. The van der Waals surface area contributed by atoms with Crippen molar-refractivity contribution in [3.63, 3.8) is 0 Å². The lowest BCUT2D eigenvalue weighted by Gasteiger charge is -2.20.